The van der Waals surface area contributed by atoms with Crippen molar-refractivity contribution in [1.29, 1.82) is 0 Å². The SMILES string of the molecule is CCOC(=O)c1nn(-c2ccccc2F)c(=O)c2c(NC(=O)/C=C/c3ccccc3Cl)scc12. The van der Waals surface area contributed by atoms with E-state index < -0.39 is 23.3 Å². The number of carbonyl (C=O) groups is 2. The van der Waals surface area contributed by atoms with Gasteiger partial charge in [0.1, 0.15) is 16.5 Å². The second kappa shape index (κ2) is 9.98. The summed E-state index contributed by atoms with van der Waals surface area (Å²) in [7, 11) is 0. The maximum atomic E-state index is 14.5. The number of amides is 1. The molecule has 2 heterocycles. The van der Waals surface area contributed by atoms with Gasteiger partial charge in [-0.2, -0.15) is 9.78 Å². The molecule has 0 saturated heterocycles. The van der Waals surface area contributed by atoms with Gasteiger partial charge in [0.05, 0.1) is 12.0 Å². The summed E-state index contributed by atoms with van der Waals surface area (Å²) in [5, 5.41) is 9.14. The number of halogens is 2. The summed E-state index contributed by atoms with van der Waals surface area (Å²) in [6, 6.07) is 12.5. The van der Waals surface area contributed by atoms with Crippen LogP contribution in [0.1, 0.15) is 23.0 Å². The number of fused-ring (bicyclic) bond motifs is 1. The fourth-order valence-corrected chi connectivity index (χ4v) is 4.35. The van der Waals surface area contributed by atoms with Crippen LogP contribution in [-0.2, 0) is 9.53 Å². The highest BCUT2D eigenvalue weighted by atomic mass is 35.5. The van der Waals surface area contributed by atoms with Crippen molar-refractivity contribution in [1.82, 2.24) is 9.78 Å². The molecule has 0 radical (unpaired) electrons. The molecule has 0 spiro atoms. The lowest BCUT2D eigenvalue weighted by Crippen LogP contribution is -2.26. The van der Waals surface area contributed by atoms with E-state index in [4.69, 9.17) is 16.3 Å². The van der Waals surface area contributed by atoms with E-state index in [1.165, 1.54) is 41.8 Å². The lowest BCUT2D eigenvalue weighted by Gasteiger charge is -2.10. The number of hydrogen-bond acceptors (Lipinski definition) is 6. The minimum Gasteiger partial charge on any atom is -0.461 e. The van der Waals surface area contributed by atoms with Crippen LogP contribution in [0.15, 0.2) is 64.8 Å². The van der Waals surface area contributed by atoms with Gasteiger partial charge < -0.3 is 10.1 Å². The van der Waals surface area contributed by atoms with Gasteiger partial charge in [-0.1, -0.05) is 41.9 Å². The molecule has 0 fully saturated rings. The highest BCUT2D eigenvalue weighted by molar-refractivity contribution is 7.16. The van der Waals surface area contributed by atoms with Gasteiger partial charge in [0, 0.05) is 21.9 Å². The molecular weight excluding hydrogens is 481 g/mol. The van der Waals surface area contributed by atoms with Gasteiger partial charge in [-0.25, -0.2) is 9.18 Å². The number of ether oxygens (including phenoxy) is 1. The van der Waals surface area contributed by atoms with Crippen LogP contribution in [0.25, 0.3) is 22.5 Å². The maximum absolute atomic E-state index is 14.5. The van der Waals surface area contributed by atoms with Crippen molar-refractivity contribution in [3.8, 4) is 5.69 Å². The fraction of sp³-hybridized carbons (Fsp3) is 0.0833. The second-order valence-corrected chi connectivity index (χ2v) is 8.22. The van der Waals surface area contributed by atoms with Crippen LogP contribution in [0.5, 0.6) is 0 Å². The number of rotatable bonds is 6. The molecule has 1 N–H and O–H groups in total. The van der Waals surface area contributed by atoms with E-state index >= 15 is 0 Å². The number of benzene rings is 2. The lowest BCUT2D eigenvalue weighted by molar-refractivity contribution is -0.111. The largest absolute Gasteiger partial charge is 0.461 e. The predicted octanol–water partition coefficient (Wildman–Crippen LogP) is 5.07. The first-order valence-electron chi connectivity index (χ1n) is 10.1. The number of para-hydroxylation sites is 1. The Bertz CT molecular complexity index is 1500. The minimum atomic E-state index is -0.771. The first kappa shape index (κ1) is 23.3. The molecule has 0 saturated carbocycles. The Hall–Kier alpha value is -3.82. The highest BCUT2D eigenvalue weighted by Crippen LogP contribution is 2.31. The molecule has 0 bridgehead atoms. The van der Waals surface area contributed by atoms with E-state index in [0.717, 1.165) is 16.0 Å². The average Bonchev–Trinajstić information content (AvgIpc) is 3.23. The van der Waals surface area contributed by atoms with Crippen LogP contribution in [-0.4, -0.2) is 28.3 Å². The second-order valence-electron chi connectivity index (χ2n) is 6.94. The molecule has 4 aromatic rings. The lowest BCUT2D eigenvalue weighted by atomic mass is 10.2. The molecule has 2 aromatic carbocycles. The third-order valence-electron chi connectivity index (χ3n) is 4.76. The molecule has 0 atom stereocenters. The zero-order chi connectivity index (χ0) is 24.2. The third kappa shape index (κ3) is 4.61. The van der Waals surface area contributed by atoms with Crippen LogP contribution in [0.4, 0.5) is 9.39 Å². The van der Waals surface area contributed by atoms with Crippen molar-refractivity contribution >= 4 is 56.7 Å². The topological polar surface area (TPSA) is 90.3 Å². The van der Waals surface area contributed by atoms with Crippen LogP contribution in [0, 0.1) is 5.82 Å². The minimum absolute atomic E-state index is 0.0193. The molecule has 2 aromatic heterocycles. The van der Waals surface area contributed by atoms with Crippen molar-refractivity contribution in [2.45, 2.75) is 6.92 Å². The summed E-state index contributed by atoms with van der Waals surface area (Å²) in [5.74, 6) is -1.99. The first-order chi connectivity index (χ1) is 16.4. The number of hydrogen-bond donors (Lipinski definition) is 1. The van der Waals surface area contributed by atoms with Gasteiger partial charge in [0.25, 0.3) is 5.56 Å². The van der Waals surface area contributed by atoms with Gasteiger partial charge in [0.2, 0.25) is 5.91 Å². The molecule has 0 aliphatic rings. The average molecular weight is 498 g/mol. The van der Waals surface area contributed by atoms with Gasteiger partial charge in [-0.3, -0.25) is 9.59 Å². The van der Waals surface area contributed by atoms with Gasteiger partial charge in [-0.15, -0.1) is 11.3 Å². The number of aromatic nitrogens is 2. The molecule has 1 amide bonds. The van der Waals surface area contributed by atoms with Gasteiger partial charge >= 0.3 is 5.97 Å². The van der Waals surface area contributed by atoms with Crippen molar-refractivity contribution in [3.63, 3.8) is 0 Å². The molecule has 10 heteroatoms. The smallest absolute Gasteiger partial charge is 0.359 e. The first-order valence-corrected chi connectivity index (χ1v) is 11.4. The number of thiophene rings is 1. The summed E-state index contributed by atoms with van der Waals surface area (Å²) in [6.07, 6.45) is 2.81. The molecule has 34 heavy (non-hydrogen) atoms. The maximum Gasteiger partial charge on any atom is 0.359 e. The normalized spacial score (nSPS) is 11.1. The molecule has 7 nitrogen and oxygen atoms in total. The Morgan fingerprint density at radius 3 is 2.68 bits per heavy atom. The van der Waals surface area contributed by atoms with E-state index in [-0.39, 0.29) is 33.8 Å². The van der Waals surface area contributed by atoms with E-state index in [1.54, 1.807) is 31.2 Å². The molecule has 0 unspecified atom stereocenters. The number of nitrogens with one attached hydrogen (secondary N) is 1. The van der Waals surface area contributed by atoms with Gasteiger partial charge in [0.15, 0.2) is 5.69 Å². The zero-order valence-corrected chi connectivity index (χ0v) is 19.3. The number of esters is 1. The highest BCUT2D eigenvalue weighted by Gasteiger charge is 2.23. The van der Waals surface area contributed by atoms with Crippen LogP contribution < -0.4 is 10.9 Å². The number of carbonyl (C=O) groups excluding carboxylic acids is 2. The monoisotopic (exact) mass is 497 g/mol. The Morgan fingerprint density at radius 2 is 1.94 bits per heavy atom. The van der Waals surface area contributed by atoms with Crippen LogP contribution >= 0.6 is 22.9 Å². The molecule has 0 aliphatic carbocycles. The Morgan fingerprint density at radius 1 is 1.21 bits per heavy atom. The van der Waals surface area contributed by atoms with Crippen LogP contribution in [0.3, 0.4) is 0 Å². The zero-order valence-electron chi connectivity index (χ0n) is 17.7. The summed E-state index contributed by atoms with van der Waals surface area (Å²) < 4.78 is 20.3. The van der Waals surface area contributed by atoms with Gasteiger partial charge in [-0.05, 0) is 36.8 Å². The standard InChI is InChI=1S/C24H17ClFN3O4S/c1-2-33-24(32)21-15-13-34-22(27-19(30)12-11-14-7-3-4-8-16(14)25)20(15)23(31)29(28-21)18-10-6-5-9-17(18)26/h3-13H,2H2,1H3,(H,27,30)/b12-11+. The number of anilines is 1. The predicted molar refractivity (Wildman–Crippen MR) is 130 cm³/mol. The number of nitrogens with zero attached hydrogens (tertiary/aromatic N) is 2. The van der Waals surface area contributed by atoms with Crippen LogP contribution in [0.2, 0.25) is 5.02 Å². The van der Waals surface area contributed by atoms with E-state index in [2.05, 4.69) is 10.4 Å². The quantitative estimate of drug-likeness (QED) is 0.297. The molecule has 0 aliphatic heterocycles. The van der Waals surface area contributed by atoms with Crippen molar-refractivity contribution in [2.75, 3.05) is 11.9 Å². The van der Waals surface area contributed by atoms with Crippen molar-refractivity contribution < 1.29 is 18.7 Å². The summed E-state index contributed by atoms with van der Waals surface area (Å²) in [6.45, 7) is 1.72. The Balaban J connectivity index is 1.80. The summed E-state index contributed by atoms with van der Waals surface area (Å²) in [4.78, 5) is 38.4. The fourth-order valence-electron chi connectivity index (χ4n) is 3.21. The Labute approximate surface area is 202 Å². The van der Waals surface area contributed by atoms with E-state index in [9.17, 15) is 18.8 Å². The molecule has 4 rings (SSSR count). The van der Waals surface area contributed by atoms with Crippen molar-refractivity contribution in [3.05, 3.63) is 92.4 Å². The Kier molecular flexibility index (Phi) is 6.85. The van der Waals surface area contributed by atoms with Crippen molar-refractivity contribution in [2.24, 2.45) is 0 Å². The molecular formula is C24H17ClFN3O4S. The van der Waals surface area contributed by atoms with E-state index in [1.807, 2.05) is 0 Å². The van der Waals surface area contributed by atoms with E-state index in [0.29, 0.717) is 10.6 Å². The third-order valence-corrected chi connectivity index (χ3v) is 6.00. The molecule has 172 valence electrons. The summed E-state index contributed by atoms with van der Waals surface area (Å²) in [5.41, 5.74) is -0.351. The summed E-state index contributed by atoms with van der Waals surface area (Å²) >= 11 is 7.15.